The molecular formula is C18H28ClN. The Morgan fingerprint density at radius 2 is 1.80 bits per heavy atom. The van der Waals surface area contributed by atoms with Crippen molar-refractivity contribution in [2.24, 2.45) is 17.8 Å². The topological polar surface area (TPSA) is 12.0 Å². The number of hydrogen-bond donors (Lipinski definition) is 1. The zero-order valence-electron chi connectivity index (χ0n) is 13.2. The molecule has 2 heteroatoms. The molecule has 1 nitrogen and oxygen atoms in total. The molecular weight excluding hydrogens is 266 g/mol. The van der Waals surface area contributed by atoms with Gasteiger partial charge in [-0.05, 0) is 73.7 Å². The molecule has 0 radical (unpaired) electrons. The minimum atomic E-state index is 0.447. The van der Waals surface area contributed by atoms with Crippen LogP contribution in [0.15, 0.2) is 18.2 Å². The van der Waals surface area contributed by atoms with Gasteiger partial charge in [-0.2, -0.15) is 0 Å². The third-order valence-corrected chi connectivity index (χ3v) is 4.75. The van der Waals surface area contributed by atoms with Crippen LogP contribution < -0.4 is 5.32 Å². The van der Waals surface area contributed by atoms with E-state index in [1.165, 1.54) is 30.4 Å². The lowest BCUT2D eigenvalue weighted by Crippen LogP contribution is -2.33. The van der Waals surface area contributed by atoms with Gasteiger partial charge in [0.25, 0.3) is 0 Å². The number of nitrogens with one attached hydrogen (secondary N) is 1. The van der Waals surface area contributed by atoms with Gasteiger partial charge in [-0.25, -0.2) is 0 Å². The molecule has 1 fully saturated rings. The predicted molar refractivity (Wildman–Crippen MR) is 88.3 cm³/mol. The highest BCUT2D eigenvalue weighted by Gasteiger charge is 2.30. The summed E-state index contributed by atoms with van der Waals surface area (Å²) >= 11 is 6.26. The second kappa shape index (κ2) is 6.95. The zero-order valence-corrected chi connectivity index (χ0v) is 14.0. The van der Waals surface area contributed by atoms with E-state index in [9.17, 15) is 0 Å². The van der Waals surface area contributed by atoms with E-state index in [2.05, 4.69) is 45.1 Å². The smallest absolute Gasteiger partial charge is 0.0411 e. The van der Waals surface area contributed by atoms with Crippen LogP contribution in [-0.4, -0.2) is 6.54 Å². The molecule has 1 aromatic rings. The first-order valence-electron chi connectivity index (χ1n) is 8.00. The summed E-state index contributed by atoms with van der Waals surface area (Å²) in [7, 11) is 0. The minimum absolute atomic E-state index is 0.447. The van der Waals surface area contributed by atoms with Gasteiger partial charge in [0.1, 0.15) is 0 Å². The number of benzene rings is 1. The van der Waals surface area contributed by atoms with Crippen LogP contribution in [0.5, 0.6) is 0 Å². The van der Waals surface area contributed by atoms with E-state index in [0.29, 0.717) is 6.04 Å². The lowest BCUT2D eigenvalue weighted by Gasteiger charge is -2.37. The molecule has 3 atom stereocenters. The molecule has 0 saturated heterocycles. The Morgan fingerprint density at radius 3 is 2.35 bits per heavy atom. The maximum atomic E-state index is 6.26. The van der Waals surface area contributed by atoms with Crippen LogP contribution in [-0.2, 0) is 0 Å². The maximum Gasteiger partial charge on any atom is 0.0411 e. The zero-order chi connectivity index (χ0) is 14.7. The lowest BCUT2D eigenvalue weighted by atomic mass is 9.72. The average Bonchev–Trinajstić information content (AvgIpc) is 2.33. The van der Waals surface area contributed by atoms with Crippen LogP contribution in [0.1, 0.15) is 57.2 Å². The van der Waals surface area contributed by atoms with E-state index in [-0.39, 0.29) is 0 Å². The van der Waals surface area contributed by atoms with E-state index >= 15 is 0 Å². The van der Waals surface area contributed by atoms with Crippen molar-refractivity contribution in [3.63, 3.8) is 0 Å². The van der Waals surface area contributed by atoms with Gasteiger partial charge in [-0.15, -0.1) is 0 Å². The van der Waals surface area contributed by atoms with Crippen molar-refractivity contribution in [3.05, 3.63) is 34.3 Å². The van der Waals surface area contributed by atoms with Crippen molar-refractivity contribution >= 4 is 11.6 Å². The Balaban J connectivity index is 2.25. The molecule has 20 heavy (non-hydrogen) atoms. The van der Waals surface area contributed by atoms with Crippen molar-refractivity contribution in [1.82, 2.24) is 5.32 Å². The van der Waals surface area contributed by atoms with E-state index in [0.717, 1.165) is 29.3 Å². The Labute approximate surface area is 129 Å². The first-order chi connectivity index (χ1) is 9.49. The Morgan fingerprint density at radius 1 is 1.15 bits per heavy atom. The van der Waals surface area contributed by atoms with Gasteiger partial charge >= 0.3 is 0 Å². The molecule has 1 aromatic carbocycles. The van der Waals surface area contributed by atoms with Gasteiger partial charge in [0.15, 0.2) is 0 Å². The van der Waals surface area contributed by atoms with Crippen molar-refractivity contribution in [2.75, 3.05) is 6.54 Å². The molecule has 0 amide bonds. The minimum Gasteiger partial charge on any atom is -0.310 e. The van der Waals surface area contributed by atoms with Crippen LogP contribution in [0.3, 0.4) is 0 Å². The molecule has 112 valence electrons. The summed E-state index contributed by atoms with van der Waals surface area (Å²) < 4.78 is 0. The number of hydrogen-bond acceptors (Lipinski definition) is 1. The molecule has 2 rings (SSSR count). The highest BCUT2D eigenvalue weighted by Crippen LogP contribution is 2.40. The SMILES string of the molecule is CCNC(c1cc(C)cc(Cl)c1)C1CC(C)CC(C)C1. The van der Waals surface area contributed by atoms with Gasteiger partial charge in [0.05, 0.1) is 0 Å². The Hall–Kier alpha value is -0.530. The van der Waals surface area contributed by atoms with Crippen molar-refractivity contribution in [3.8, 4) is 0 Å². The summed E-state index contributed by atoms with van der Waals surface area (Å²) in [6.45, 7) is 10.1. The van der Waals surface area contributed by atoms with Gasteiger partial charge in [0.2, 0.25) is 0 Å². The molecule has 0 heterocycles. The first-order valence-corrected chi connectivity index (χ1v) is 8.37. The van der Waals surface area contributed by atoms with E-state index in [4.69, 9.17) is 11.6 Å². The van der Waals surface area contributed by atoms with Crippen LogP contribution in [0.2, 0.25) is 5.02 Å². The maximum absolute atomic E-state index is 6.26. The normalized spacial score (nSPS) is 28.4. The fourth-order valence-electron chi connectivity index (χ4n) is 4.00. The first kappa shape index (κ1) is 15.9. The van der Waals surface area contributed by atoms with Crippen LogP contribution >= 0.6 is 11.6 Å². The molecule has 1 N–H and O–H groups in total. The largest absolute Gasteiger partial charge is 0.310 e. The third kappa shape index (κ3) is 3.99. The van der Waals surface area contributed by atoms with Crippen LogP contribution in [0, 0.1) is 24.7 Å². The van der Waals surface area contributed by atoms with Gasteiger partial charge in [0, 0.05) is 11.1 Å². The second-order valence-electron chi connectivity index (χ2n) is 6.77. The second-order valence-corrected chi connectivity index (χ2v) is 7.21. The van der Waals surface area contributed by atoms with E-state index in [1.807, 2.05) is 6.07 Å². The fourth-order valence-corrected chi connectivity index (χ4v) is 4.30. The molecule has 0 spiro atoms. The standard InChI is InChI=1S/C18H28ClN/c1-5-20-18(15-7-12(2)6-13(3)8-15)16-9-14(4)10-17(19)11-16/h9-13,15,18,20H,5-8H2,1-4H3. The van der Waals surface area contributed by atoms with Crippen molar-refractivity contribution < 1.29 is 0 Å². The number of rotatable bonds is 4. The van der Waals surface area contributed by atoms with E-state index < -0.39 is 0 Å². The number of aryl methyl sites for hydroxylation is 1. The summed E-state index contributed by atoms with van der Waals surface area (Å²) in [5.41, 5.74) is 2.62. The van der Waals surface area contributed by atoms with Crippen LogP contribution in [0.4, 0.5) is 0 Å². The summed E-state index contributed by atoms with van der Waals surface area (Å²) in [6, 6.07) is 6.93. The van der Waals surface area contributed by atoms with Gasteiger partial charge < -0.3 is 5.32 Å². The lowest BCUT2D eigenvalue weighted by molar-refractivity contribution is 0.177. The Kier molecular flexibility index (Phi) is 5.51. The molecule has 0 bridgehead atoms. The van der Waals surface area contributed by atoms with E-state index in [1.54, 1.807) is 0 Å². The molecule has 0 aromatic heterocycles. The van der Waals surface area contributed by atoms with Gasteiger partial charge in [-0.1, -0.05) is 38.4 Å². The third-order valence-electron chi connectivity index (χ3n) is 4.53. The summed E-state index contributed by atoms with van der Waals surface area (Å²) in [6.07, 6.45) is 4.03. The fraction of sp³-hybridized carbons (Fsp3) is 0.667. The highest BCUT2D eigenvalue weighted by molar-refractivity contribution is 6.30. The number of halogens is 1. The molecule has 1 aliphatic rings. The molecule has 0 aliphatic heterocycles. The van der Waals surface area contributed by atoms with Crippen molar-refractivity contribution in [1.29, 1.82) is 0 Å². The monoisotopic (exact) mass is 293 g/mol. The summed E-state index contributed by atoms with van der Waals surface area (Å²) in [5, 5.41) is 4.57. The quantitative estimate of drug-likeness (QED) is 0.787. The molecule has 1 aliphatic carbocycles. The summed E-state index contributed by atoms with van der Waals surface area (Å²) in [5.74, 6) is 2.40. The molecule has 3 unspecified atom stereocenters. The van der Waals surface area contributed by atoms with Crippen molar-refractivity contribution in [2.45, 2.75) is 53.0 Å². The predicted octanol–water partition coefficient (Wildman–Crippen LogP) is 5.37. The summed E-state index contributed by atoms with van der Waals surface area (Å²) in [4.78, 5) is 0. The highest BCUT2D eigenvalue weighted by atomic mass is 35.5. The molecule has 1 saturated carbocycles. The average molecular weight is 294 g/mol. The van der Waals surface area contributed by atoms with Crippen LogP contribution in [0.25, 0.3) is 0 Å². The van der Waals surface area contributed by atoms with Gasteiger partial charge in [-0.3, -0.25) is 0 Å². The Bertz CT molecular complexity index is 413.